The van der Waals surface area contributed by atoms with Crippen LogP contribution in [0.1, 0.15) is 11.5 Å². The minimum Gasteiger partial charge on any atom is -0.478 e. The molecule has 3 N–H and O–H groups in total. The summed E-state index contributed by atoms with van der Waals surface area (Å²) in [6.07, 6.45) is 3.08. The molecule has 0 amide bonds. The highest BCUT2D eigenvalue weighted by Gasteiger charge is 2.29. The maximum absolute atomic E-state index is 11.3. The van der Waals surface area contributed by atoms with E-state index in [9.17, 15) is 14.7 Å². The van der Waals surface area contributed by atoms with Crippen LogP contribution in [0.2, 0.25) is 0 Å². The molecule has 0 bridgehead atoms. The molecule has 0 aromatic heterocycles. The van der Waals surface area contributed by atoms with Crippen LogP contribution in [-0.2, 0) is 9.59 Å². The maximum atomic E-state index is 11.3. The van der Waals surface area contributed by atoms with Gasteiger partial charge in [-0.15, -0.1) is 0 Å². The molecule has 1 aliphatic rings. The molecule has 0 saturated heterocycles. The number of benzene rings is 1. The van der Waals surface area contributed by atoms with Crippen LogP contribution in [-0.4, -0.2) is 22.2 Å². The van der Waals surface area contributed by atoms with E-state index in [-0.39, 0.29) is 11.3 Å². The zero-order valence-electron chi connectivity index (χ0n) is 9.33. The van der Waals surface area contributed by atoms with Crippen molar-refractivity contribution in [3.05, 3.63) is 59.4 Å². The summed E-state index contributed by atoms with van der Waals surface area (Å²) in [5, 5.41) is 20.7. The van der Waals surface area contributed by atoms with Gasteiger partial charge in [-0.05, 0) is 11.8 Å². The van der Waals surface area contributed by atoms with Gasteiger partial charge in [-0.2, -0.15) is 0 Å². The van der Waals surface area contributed by atoms with E-state index in [1.807, 2.05) is 6.07 Å². The molecule has 92 valence electrons. The van der Waals surface area contributed by atoms with Crippen molar-refractivity contribution in [1.82, 2.24) is 5.32 Å². The lowest BCUT2D eigenvalue weighted by molar-refractivity contribution is -0.136. The van der Waals surface area contributed by atoms with E-state index >= 15 is 0 Å². The predicted octanol–water partition coefficient (Wildman–Crippen LogP) is 1.31. The molecular weight excluding hydrogens is 234 g/mol. The molecule has 0 aliphatic carbocycles. The lowest BCUT2D eigenvalue weighted by Gasteiger charge is -2.21. The fourth-order valence-electron chi connectivity index (χ4n) is 1.91. The minimum absolute atomic E-state index is 0.156. The van der Waals surface area contributed by atoms with Crippen LogP contribution < -0.4 is 5.32 Å². The number of aliphatic carboxylic acids is 2. The summed E-state index contributed by atoms with van der Waals surface area (Å²) in [4.78, 5) is 22.3. The standard InChI is InChI=1S/C13H11NO4/c15-12(16)10-9(8-4-2-1-3-5-8)6-7-14-11(10)13(17)18/h1-7,9,14H,(H,15,16)(H,17,18). The number of rotatable bonds is 3. The fraction of sp³-hybridized carbons (Fsp3) is 0.0769. The Bertz CT molecular complexity index is 545. The number of carboxylic acids is 2. The second-order valence-corrected chi connectivity index (χ2v) is 3.79. The number of hydrogen-bond donors (Lipinski definition) is 3. The van der Waals surface area contributed by atoms with Gasteiger partial charge in [0.05, 0.1) is 5.57 Å². The van der Waals surface area contributed by atoms with Gasteiger partial charge in [-0.25, -0.2) is 9.59 Å². The second-order valence-electron chi connectivity index (χ2n) is 3.79. The van der Waals surface area contributed by atoms with Crippen molar-refractivity contribution in [2.24, 2.45) is 0 Å². The van der Waals surface area contributed by atoms with Gasteiger partial charge < -0.3 is 15.5 Å². The van der Waals surface area contributed by atoms with Crippen LogP contribution in [0.15, 0.2) is 53.9 Å². The van der Waals surface area contributed by atoms with Crippen molar-refractivity contribution >= 4 is 11.9 Å². The molecule has 18 heavy (non-hydrogen) atoms. The number of carboxylic acid groups (broad SMARTS) is 2. The molecule has 1 unspecified atom stereocenters. The van der Waals surface area contributed by atoms with Gasteiger partial charge in [0.15, 0.2) is 0 Å². The lowest BCUT2D eigenvalue weighted by atomic mass is 9.88. The first kappa shape index (κ1) is 11.9. The third kappa shape index (κ3) is 2.10. The van der Waals surface area contributed by atoms with Gasteiger partial charge in [-0.3, -0.25) is 0 Å². The Morgan fingerprint density at radius 3 is 2.28 bits per heavy atom. The average molecular weight is 245 g/mol. The van der Waals surface area contributed by atoms with E-state index in [1.54, 1.807) is 30.3 Å². The number of carbonyl (C=O) groups is 2. The first-order valence-corrected chi connectivity index (χ1v) is 5.30. The summed E-state index contributed by atoms with van der Waals surface area (Å²) >= 11 is 0. The summed E-state index contributed by atoms with van der Waals surface area (Å²) in [7, 11) is 0. The zero-order valence-corrected chi connectivity index (χ0v) is 9.33. The molecular formula is C13H11NO4. The number of hydrogen-bond acceptors (Lipinski definition) is 3. The van der Waals surface area contributed by atoms with Crippen molar-refractivity contribution in [2.45, 2.75) is 5.92 Å². The van der Waals surface area contributed by atoms with E-state index in [0.29, 0.717) is 0 Å². The van der Waals surface area contributed by atoms with E-state index in [1.165, 1.54) is 6.20 Å². The molecule has 1 atom stereocenters. The van der Waals surface area contributed by atoms with Gasteiger partial charge in [0.25, 0.3) is 0 Å². The number of allylic oxidation sites excluding steroid dienone is 1. The Hall–Kier alpha value is -2.56. The van der Waals surface area contributed by atoms with Gasteiger partial charge >= 0.3 is 11.9 Å². The summed E-state index contributed by atoms with van der Waals surface area (Å²) in [5.41, 5.74) is 0.293. The van der Waals surface area contributed by atoms with Crippen molar-refractivity contribution < 1.29 is 19.8 Å². The molecule has 5 heteroatoms. The van der Waals surface area contributed by atoms with Crippen molar-refractivity contribution in [3.63, 3.8) is 0 Å². The Morgan fingerprint density at radius 1 is 1.06 bits per heavy atom. The van der Waals surface area contributed by atoms with Crippen molar-refractivity contribution in [2.75, 3.05) is 0 Å². The summed E-state index contributed by atoms with van der Waals surface area (Å²) in [6, 6.07) is 8.91. The molecule has 0 radical (unpaired) electrons. The maximum Gasteiger partial charge on any atom is 0.352 e. The van der Waals surface area contributed by atoms with Crippen LogP contribution in [0.4, 0.5) is 0 Å². The van der Waals surface area contributed by atoms with Crippen LogP contribution in [0, 0.1) is 0 Å². The van der Waals surface area contributed by atoms with Gasteiger partial charge in [0, 0.05) is 5.92 Å². The zero-order chi connectivity index (χ0) is 13.1. The smallest absolute Gasteiger partial charge is 0.352 e. The van der Waals surface area contributed by atoms with Crippen LogP contribution in [0.5, 0.6) is 0 Å². The van der Waals surface area contributed by atoms with Crippen LogP contribution in [0.25, 0.3) is 0 Å². The Balaban J connectivity index is 2.53. The fourth-order valence-corrected chi connectivity index (χ4v) is 1.91. The molecule has 1 aromatic rings. The highest BCUT2D eigenvalue weighted by Crippen LogP contribution is 2.30. The molecule has 0 fully saturated rings. The van der Waals surface area contributed by atoms with Crippen molar-refractivity contribution in [3.8, 4) is 0 Å². The Labute approximate surface area is 103 Å². The molecule has 0 spiro atoms. The Morgan fingerprint density at radius 2 is 1.72 bits per heavy atom. The normalized spacial score (nSPS) is 18.3. The van der Waals surface area contributed by atoms with E-state index in [2.05, 4.69) is 5.32 Å². The number of dihydropyridines is 1. The van der Waals surface area contributed by atoms with Gasteiger partial charge in [-0.1, -0.05) is 36.4 Å². The summed E-state index contributed by atoms with van der Waals surface area (Å²) in [5.74, 6) is -3.08. The first-order chi connectivity index (χ1) is 8.61. The molecule has 1 aromatic carbocycles. The molecule has 5 nitrogen and oxygen atoms in total. The molecule has 1 aliphatic heterocycles. The van der Waals surface area contributed by atoms with E-state index < -0.39 is 17.9 Å². The SMILES string of the molecule is O=C(O)C1=C(C(=O)O)C(c2ccccc2)C=CN1. The van der Waals surface area contributed by atoms with Crippen LogP contribution >= 0.6 is 0 Å². The second kappa shape index (κ2) is 4.75. The predicted molar refractivity (Wildman–Crippen MR) is 63.8 cm³/mol. The third-order valence-electron chi connectivity index (χ3n) is 2.70. The quantitative estimate of drug-likeness (QED) is 0.747. The minimum atomic E-state index is -1.28. The lowest BCUT2D eigenvalue weighted by Crippen LogP contribution is -2.27. The monoisotopic (exact) mass is 245 g/mol. The van der Waals surface area contributed by atoms with E-state index in [0.717, 1.165) is 5.56 Å². The number of nitrogens with one attached hydrogen (secondary N) is 1. The third-order valence-corrected chi connectivity index (χ3v) is 2.70. The van der Waals surface area contributed by atoms with Gasteiger partial charge in [0.1, 0.15) is 5.70 Å². The molecule has 0 saturated carbocycles. The molecule has 2 rings (SSSR count). The average Bonchev–Trinajstić information content (AvgIpc) is 2.38. The van der Waals surface area contributed by atoms with Crippen molar-refractivity contribution in [1.29, 1.82) is 0 Å². The largest absolute Gasteiger partial charge is 0.478 e. The first-order valence-electron chi connectivity index (χ1n) is 5.30. The highest BCUT2D eigenvalue weighted by molar-refractivity contribution is 6.00. The van der Waals surface area contributed by atoms with Crippen LogP contribution in [0.3, 0.4) is 0 Å². The van der Waals surface area contributed by atoms with Gasteiger partial charge in [0.2, 0.25) is 0 Å². The highest BCUT2D eigenvalue weighted by atomic mass is 16.4. The molecule has 1 heterocycles. The van der Waals surface area contributed by atoms with E-state index in [4.69, 9.17) is 5.11 Å². The summed E-state index contributed by atoms with van der Waals surface area (Å²) in [6.45, 7) is 0. The Kier molecular flexibility index (Phi) is 3.14. The summed E-state index contributed by atoms with van der Waals surface area (Å²) < 4.78 is 0. The topological polar surface area (TPSA) is 86.6 Å².